The van der Waals surface area contributed by atoms with Crippen LogP contribution in [0, 0.1) is 18.2 Å². The number of hydrogen-bond donors (Lipinski definition) is 2. The second-order valence-corrected chi connectivity index (χ2v) is 5.91. The van der Waals surface area contributed by atoms with Crippen LogP contribution in [0.2, 0.25) is 0 Å². The van der Waals surface area contributed by atoms with Crippen LogP contribution in [-0.2, 0) is 6.54 Å². The average molecular weight is 253 g/mol. The Kier molecular flexibility index (Phi) is 5.29. The van der Waals surface area contributed by atoms with Gasteiger partial charge >= 0.3 is 0 Å². The average Bonchev–Trinajstić information content (AvgIpc) is 2.27. The third-order valence-corrected chi connectivity index (χ3v) is 3.20. The summed E-state index contributed by atoms with van der Waals surface area (Å²) in [5.74, 6) is -0.176. The maximum Gasteiger partial charge on any atom is 0.127 e. The van der Waals surface area contributed by atoms with E-state index in [2.05, 4.69) is 26.1 Å². The van der Waals surface area contributed by atoms with Crippen molar-refractivity contribution in [2.45, 2.75) is 46.7 Å². The van der Waals surface area contributed by atoms with Gasteiger partial charge in [-0.15, -0.1) is 0 Å². The summed E-state index contributed by atoms with van der Waals surface area (Å²) in [6.07, 6.45) is 0.678. The van der Waals surface area contributed by atoms with Gasteiger partial charge in [-0.3, -0.25) is 0 Å². The van der Waals surface area contributed by atoms with E-state index >= 15 is 0 Å². The molecule has 0 saturated carbocycles. The quantitative estimate of drug-likeness (QED) is 0.845. The molecule has 102 valence electrons. The minimum absolute atomic E-state index is 0.0447. The molecule has 0 spiro atoms. The van der Waals surface area contributed by atoms with E-state index in [1.807, 2.05) is 13.0 Å². The first-order valence-corrected chi connectivity index (χ1v) is 6.44. The lowest BCUT2D eigenvalue weighted by Gasteiger charge is -2.31. The smallest absolute Gasteiger partial charge is 0.127 e. The summed E-state index contributed by atoms with van der Waals surface area (Å²) in [5.41, 5.74) is 1.79. The van der Waals surface area contributed by atoms with Crippen molar-refractivity contribution < 1.29 is 9.50 Å². The second kappa shape index (κ2) is 6.30. The molecule has 0 saturated heterocycles. The predicted octanol–water partition coefficient (Wildman–Crippen LogP) is 3.02. The zero-order valence-electron chi connectivity index (χ0n) is 11.8. The molecule has 0 aliphatic heterocycles. The topological polar surface area (TPSA) is 32.3 Å². The summed E-state index contributed by atoms with van der Waals surface area (Å²) in [6, 6.07) is 5.31. The molecule has 0 aliphatic carbocycles. The number of rotatable bonds is 5. The Hall–Kier alpha value is -0.930. The van der Waals surface area contributed by atoms with Gasteiger partial charge in [-0.1, -0.05) is 38.5 Å². The molecule has 1 unspecified atom stereocenters. The van der Waals surface area contributed by atoms with Crippen LogP contribution in [0.4, 0.5) is 4.39 Å². The number of aliphatic hydroxyl groups excluding tert-OH is 1. The van der Waals surface area contributed by atoms with Crippen LogP contribution in [0.25, 0.3) is 0 Å². The molecular formula is C15H24FNO. The molecule has 1 aromatic rings. The van der Waals surface area contributed by atoms with Crippen molar-refractivity contribution in [1.29, 1.82) is 0 Å². The van der Waals surface area contributed by atoms with Crippen LogP contribution in [0.3, 0.4) is 0 Å². The molecule has 0 fully saturated rings. The fraction of sp³-hybridized carbons (Fsp3) is 0.600. The highest BCUT2D eigenvalue weighted by atomic mass is 19.1. The van der Waals surface area contributed by atoms with E-state index < -0.39 is 0 Å². The summed E-state index contributed by atoms with van der Waals surface area (Å²) in [4.78, 5) is 0. The van der Waals surface area contributed by atoms with E-state index in [9.17, 15) is 4.39 Å². The molecule has 0 heterocycles. The van der Waals surface area contributed by atoms with Crippen molar-refractivity contribution in [3.63, 3.8) is 0 Å². The fourth-order valence-corrected chi connectivity index (χ4v) is 2.04. The summed E-state index contributed by atoms with van der Waals surface area (Å²) < 4.78 is 13.6. The highest BCUT2D eigenvalue weighted by Crippen LogP contribution is 2.22. The standard InChI is InChI=1S/C15H24FNO/c1-11-5-6-13(16)12(9-11)10-17-14(7-8-18)15(2,3)4/h5-6,9,14,17-18H,7-8,10H2,1-4H3. The van der Waals surface area contributed by atoms with Gasteiger partial charge in [0.1, 0.15) is 5.82 Å². The van der Waals surface area contributed by atoms with Gasteiger partial charge in [-0.2, -0.15) is 0 Å². The van der Waals surface area contributed by atoms with Gasteiger partial charge in [-0.25, -0.2) is 4.39 Å². The van der Waals surface area contributed by atoms with Gasteiger partial charge in [0.15, 0.2) is 0 Å². The van der Waals surface area contributed by atoms with E-state index in [1.54, 1.807) is 6.07 Å². The zero-order valence-corrected chi connectivity index (χ0v) is 11.8. The van der Waals surface area contributed by atoms with Crippen LogP contribution >= 0.6 is 0 Å². The number of aryl methyl sites for hydroxylation is 1. The van der Waals surface area contributed by atoms with Crippen LogP contribution in [0.5, 0.6) is 0 Å². The van der Waals surface area contributed by atoms with Gasteiger partial charge in [0.05, 0.1) is 0 Å². The van der Waals surface area contributed by atoms with Crippen molar-refractivity contribution in [2.75, 3.05) is 6.61 Å². The highest BCUT2D eigenvalue weighted by molar-refractivity contribution is 5.24. The number of benzene rings is 1. The molecule has 2 nitrogen and oxygen atoms in total. The van der Waals surface area contributed by atoms with Gasteiger partial charge in [0.25, 0.3) is 0 Å². The van der Waals surface area contributed by atoms with Crippen LogP contribution in [-0.4, -0.2) is 17.8 Å². The fourth-order valence-electron chi connectivity index (χ4n) is 2.04. The minimum atomic E-state index is -0.176. The van der Waals surface area contributed by atoms with Gasteiger partial charge < -0.3 is 10.4 Å². The molecule has 0 aromatic heterocycles. The molecule has 0 bridgehead atoms. The predicted molar refractivity (Wildman–Crippen MR) is 72.9 cm³/mol. The lowest BCUT2D eigenvalue weighted by molar-refractivity contribution is 0.196. The molecule has 1 aromatic carbocycles. The zero-order chi connectivity index (χ0) is 13.8. The maximum absolute atomic E-state index is 13.6. The number of nitrogens with one attached hydrogen (secondary N) is 1. The molecule has 2 N–H and O–H groups in total. The molecule has 0 radical (unpaired) electrons. The molecule has 1 rings (SSSR count). The summed E-state index contributed by atoms with van der Waals surface area (Å²) in [5, 5.41) is 12.4. The summed E-state index contributed by atoms with van der Waals surface area (Å²) >= 11 is 0. The second-order valence-electron chi connectivity index (χ2n) is 5.91. The Morgan fingerprint density at radius 2 is 2.00 bits per heavy atom. The summed E-state index contributed by atoms with van der Waals surface area (Å²) in [6.45, 7) is 8.95. The van der Waals surface area contributed by atoms with Gasteiger partial charge in [0.2, 0.25) is 0 Å². The van der Waals surface area contributed by atoms with E-state index in [0.717, 1.165) is 5.56 Å². The molecule has 0 aliphatic rings. The molecular weight excluding hydrogens is 229 g/mol. The Morgan fingerprint density at radius 3 is 2.56 bits per heavy atom. The van der Waals surface area contributed by atoms with Crippen molar-refractivity contribution >= 4 is 0 Å². The van der Waals surface area contributed by atoms with Crippen molar-refractivity contribution in [3.8, 4) is 0 Å². The van der Waals surface area contributed by atoms with E-state index in [4.69, 9.17) is 5.11 Å². The van der Waals surface area contributed by atoms with Gasteiger partial charge in [-0.05, 0) is 24.8 Å². The van der Waals surface area contributed by atoms with E-state index in [0.29, 0.717) is 18.5 Å². The first-order valence-electron chi connectivity index (χ1n) is 6.44. The summed E-state index contributed by atoms with van der Waals surface area (Å²) in [7, 11) is 0. The Labute approximate surface area is 109 Å². The van der Waals surface area contributed by atoms with Crippen molar-refractivity contribution in [2.24, 2.45) is 5.41 Å². The molecule has 18 heavy (non-hydrogen) atoms. The highest BCUT2D eigenvalue weighted by Gasteiger charge is 2.23. The minimum Gasteiger partial charge on any atom is -0.396 e. The molecule has 1 atom stereocenters. The van der Waals surface area contributed by atoms with E-state index in [-0.39, 0.29) is 23.9 Å². The Balaban J connectivity index is 2.70. The Bertz CT molecular complexity index is 385. The SMILES string of the molecule is Cc1ccc(F)c(CNC(CCO)C(C)(C)C)c1. The van der Waals surface area contributed by atoms with Gasteiger partial charge in [0, 0.05) is 24.8 Å². The molecule has 0 amide bonds. The monoisotopic (exact) mass is 253 g/mol. The third kappa shape index (κ3) is 4.39. The first-order chi connectivity index (χ1) is 8.34. The normalized spacial score (nSPS) is 13.7. The lowest BCUT2D eigenvalue weighted by Crippen LogP contribution is -2.40. The van der Waals surface area contributed by atoms with Crippen LogP contribution < -0.4 is 5.32 Å². The number of halogens is 1. The largest absolute Gasteiger partial charge is 0.396 e. The number of hydrogen-bond acceptors (Lipinski definition) is 2. The third-order valence-electron chi connectivity index (χ3n) is 3.20. The van der Waals surface area contributed by atoms with E-state index in [1.165, 1.54) is 6.07 Å². The maximum atomic E-state index is 13.6. The van der Waals surface area contributed by atoms with Crippen molar-refractivity contribution in [1.82, 2.24) is 5.32 Å². The van der Waals surface area contributed by atoms with Crippen LogP contribution in [0.1, 0.15) is 38.3 Å². The molecule has 3 heteroatoms. The first kappa shape index (κ1) is 15.1. The van der Waals surface area contributed by atoms with Crippen molar-refractivity contribution in [3.05, 3.63) is 35.1 Å². The Morgan fingerprint density at radius 1 is 1.33 bits per heavy atom. The van der Waals surface area contributed by atoms with Crippen LogP contribution in [0.15, 0.2) is 18.2 Å². The lowest BCUT2D eigenvalue weighted by atomic mass is 9.85. The number of aliphatic hydroxyl groups is 1.